The van der Waals surface area contributed by atoms with Gasteiger partial charge in [0.2, 0.25) is 5.91 Å². The first-order chi connectivity index (χ1) is 11.6. The normalized spacial score (nSPS) is 13.7. The molecule has 24 heavy (non-hydrogen) atoms. The van der Waals surface area contributed by atoms with Gasteiger partial charge in [0.15, 0.2) is 0 Å². The highest BCUT2D eigenvalue weighted by atomic mass is 16.2. The van der Waals surface area contributed by atoms with Crippen LogP contribution in [0.3, 0.4) is 0 Å². The van der Waals surface area contributed by atoms with Crippen molar-refractivity contribution in [1.82, 2.24) is 10.3 Å². The van der Waals surface area contributed by atoms with Crippen molar-refractivity contribution in [2.45, 2.75) is 25.8 Å². The molecule has 0 aliphatic heterocycles. The molecule has 0 atom stereocenters. The summed E-state index contributed by atoms with van der Waals surface area (Å²) in [6.07, 6.45) is 6.97. The van der Waals surface area contributed by atoms with Crippen LogP contribution in [0.2, 0.25) is 0 Å². The molecule has 2 N–H and O–H groups in total. The molecule has 1 saturated carbocycles. The third-order valence-electron chi connectivity index (χ3n) is 3.68. The van der Waals surface area contributed by atoms with Gasteiger partial charge in [-0.15, -0.1) is 0 Å². The van der Waals surface area contributed by atoms with E-state index in [1.165, 1.54) is 6.08 Å². The number of nitrogens with one attached hydrogen (secondary N) is 2. The molecule has 1 aliphatic rings. The molecule has 1 aromatic heterocycles. The van der Waals surface area contributed by atoms with Crippen molar-refractivity contribution >= 4 is 23.6 Å². The number of aromatic nitrogens is 1. The Labute approximate surface area is 140 Å². The molecular weight excluding hydrogens is 302 g/mol. The molecule has 0 unspecified atom stereocenters. The molecule has 0 spiro atoms. The van der Waals surface area contributed by atoms with Gasteiger partial charge in [0.25, 0.3) is 5.91 Å². The van der Waals surface area contributed by atoms with Crippen LogP contribution < -0.4 is 10.6 Å². The lowest BCUT2D eigenvalue weighted by Gasteiger charge is -2.04. The molecule has 2 aromatic rings. The highest BCUT2D eigenvalue weighted by Crippen LogP contribution is 2.19. The largest absolute Gasteiger partial charge is 0.349 e. The second-order valence-electron chi connectivity index (χ2n) is 5.88. The smallest absolute Gasteiger partial charge is 0.251 e. The summed E-state index contributed by atoms with van der Waals surface area (Å²) in [5.74, 6) is -0.255. The van der Waals surface area contributed by atoms with Crippen molar-refractivity contribution in [1.29, 1.82) is 0 Å². The summed E-state index contributed by atoms with van der Waals surface area (Å²) < 4.78 is 0. The van der Waals surface area contributed by atoms with Crippen LogP contribution in [0.5, 0.6) is 0 Å². The average molecular weight is 321 g/mol. The van der Waals surface area contributed by atoms with E-state index in [9.17, 15) is 9.59 Å². The molecule has 122 valence electrons. The zero-order chi connectivity index (χ0) is 16.9. The number of pyridine rings is 1. The SMILES string of the molecule is Cc1cc(NC(=O)/C=C/c2ccc(C(=O)NC3CC3)cc2)ccn1. The number of carbonyl (C=O) groups excluding carboxylic acids is 2. The minimum Gasteiger partial charge on any atom is -0.349 e. The highest BCUT2D eigenvalue weighted by Gasteiger charge is 2.23. The van der Waals surface area contributed by atoms with Crippen LogP contribution >= 0.6 is 0 Å². The standard InChI is InChI=1S/C19H19N3O2/c1-13-12-17(10-11-20-13)21-18(23)9-4-14-2-5-15(6-3-14)19(24)22-16-7-8-16/h2-6,9-12,16H,7-8H2,1H3,(H,22,24)(H,20,21,23)/b9-4+. The zero-order valence-electron chi connectivity index (χ0n) is 13.5. The van der Waals surface area contributed by atoms with Gasteiger partial charge < -0.3 is 10.6 Å². The van der Waals surface area contributed by atoms with E-state index in [1.54, 1.807) is 36.5 Å². The highest BCUT2D eigenvalue weighted by molar-refractivity contribution is 6.02. The topological polar surface area (TPSA) is 71.1 Å². The number of anilines is 1. The first-order valence-electron chi connectivity index (χ1n) is 7.93. The molecule has 0 saturated heterocycles. The number of rotatable bonds is 5. The van der Waals surface area contributed by atoms with Gasteiger partial charge in [-0.3, -0.25) is 14.6 Å². The van der Waals surface area contributed by atoms with Crippen LogP contribution in [0.15, 0.2) is 48.7 Å². The second kappa shape index (κ2) is 7.08. The number of aryl methyl sites for hydroxylation is 1. The summed E-state index contributed by atoms with van der Waals surface area (Å²) in [5, 5.41) is 5.73. The van der Waals surface area contributed by atoms with Crippen LogP contribution in [0.1, 0.15) is 34.5 Å². The Bertz CT molecular complexity index is 777. The minimum absolute atomic E-state index is 0.0428. The number of hydrogen-bond donors (Lipinski definition) is 2. The third kappa shape index (κ3) is 4.52. The lowest BCUT2D eigenvalue weighted by molar-refractivity contribution is -0.111. The fourth-order valence-corrected chi connectivity index (χ4v) is 2.22. The fourth-order valence-electron chi connectivity index (χ4n) is 2.22. The Morgan fingerprint density at radius 3 is 2.58 bits per heavy atom. The van der Waals surface area contributed by atoms with E-state index in [2.05, 4.69) is 15.6 Å². The van der Waals surface area contributed by atoms with Gasteiger partial charge in [0, 0.05) is 35.3 Å². The second-order valence-corrected chi connectivity index (χ2v) is 5.88. The number of amides is 2. The Kier molecular flexibility index (Phi) is 4.70. The molecule has 2 amide bonds. The Morgan fingerprint density at radius 1 is 1.17 bits per heavy atom. The Hall–Kier alpha value is -2.95. The van der Waals surface area contributed by atoms with E-state index in [0.717, 1.165) is 24.1 Å². The number of carbonyl (C=O) groups is 2. The predicted molar refractivity (Wildman–Crippen MR) is 93.6 cm³/mol. The van der Waals surface area contributed by atoms with Gasteiger partial charge in [0.1, 0.15) is 0 Å². The zero-order valence-corrected chi connectivity index (χ0v) is 13.5. The maximum Gasteiger partial charge on any atom is 0.251 e. The van der Waals surface area contributed by atoms with Crippen LogP contribution in [0.25, 0.3) is 6.08 Å². The molecule has 5 nitrogen and oxygen atoms in total. The van der Waals surface area contributed by atoms with Crippen molar-refractivity contribution in [2.75, 3.05) is 5.32 Å². The quantitative estimate of drug-likeness (QED) is 0.832. The Balaban J connectivity index is 1.57. The molecule has 1 aromatic carbocycles. The van der Waals surface area contributed by atoms with Gasteiger partial charge in [0.05, 0.1) is 0 Å². The van der Waals surface area contributed by atoms with E-state index < -0.39 is 0 Å². The molecule has 5 heteroatoms. The molecule has 3 rings (SSSR count). The minimum atomic E-state index is -0.212. The number of benzene rings is 1. The number of hydrogen-bond acceptors (Lipinski definition) is 3. The summed E-state index contributed by atoms with van der Waals surface area (Å²) >= 11 is 0. The monoisotopic (exact) mass is 321 g/mol. The van der Waals surface area contributed by atoms with Crippen LogP contribution in [0, 0.1) is 6.92 Å². The molecular formula is C19H19N3O2. The van der Waals surface area contributed by atoms with Crippen molar-refractivity contribution in [3.05, 3.63) is 65.5 Å². The predicted octanol–water partition coefficient (Wildman–Crippen LogP) is 2.93. The van der Waals surface area contributed by atoms with Crippen molar-refractivity contribution in [3.63, 3.8) is 0 Å². The van der Waals surface area contributed by atoms with Crippen LogP contribution in [-0.4, -0.2) is 22.8 Å². The van der Waals surface area contributed by atoms with Gasteiger partial charge in [-0.1, -0.05) is 12.1 Å². The van der Waals surface area contributed by atoms with E-state index in [1.807, 2.05) is 19.1 Å². The van der Waals surface area contributed by atoms with Crippen molar-refractivity contribution < 1.29 is 9.59 Å². The summed E-state index contributed by atoms with van der Waals surface area (Å²) in [6, 6.07) is 11.1. The van der Waals surface area contributed by atoms with E-state index in [4.69, 9.17) is 0 Å². The van der Waals surface area contributed by atoms with E-state index in [-0.39, 0.29) is 11.8 Å². The summed E-state index contributed by atoms with van der Waals surface area (Å²) in [4.78, 5) is 27.9. The average Bonchev–Trinajstić information content (AvgIpc) is 3.37. The lowest BCUT2D eigenvalue weighted by Crippen LogP contribution is -2.25. The van der Waals surface area contributed by atoms with Gasteiger partial charge >= 0.3 is 0 Å². The summed E-state index contributed by atoms with van der Waals surface area (Å²) in [5.41, 5.74) is 3.05. The first-order valence-corrected chi connectivity index (χ1v) is 7.93. The van der Waals surface area contributed by atoms with Crippen molar-refractivity contribution in [2.24, 2.45) is 0 Å². The maximum atomic E-state index is 11.9. The van der Waals surface area contributed by atoms with Gasteiger partial charge in [-0.25, -0.2) is 0 Å². The van der Waals surface area contributed by atoms with E-state index >= 15 is 0 Å². The Morgan fingerprint density at radius 2 is 1.92 bits per heavy atom. The van der Waals surface area contributed by atoms with Crippen LogP contribution in [-0.2, 0) is 4.79 Å². The molecule has 0 bridgehead atoms. The molecule has 1 fully saturated rings. The fraction of sp³-hybridized carbons (Fsp3) is 0.211. The summed E-state index contributed by atoms with van der Waals surface area (Å²) in [7, 11) is 0. The lowest BCUT2D eigenvalue weighted by atomic mass is 10.1. The van der Waals surface area contributed by atoms with Crippen LogP contribution in [0.4, 0.5) is 5.69 Å². The van der Waals surface area contributed by atoms with E-state index in [0.29, 0.717) is 17.3 Å². The van der Waals surface area contributed by atoms with Gasteiger partial charge in [-0.05, 0) is 55.7 Å². The first kappa shape index (κ1) is 15.9. The molecule has 1 heterocycles. The molecule has 1 aliphatic carbocycles. The van der Waals surface area contributed by atoms with Gasteiger partial charge in [-0.2, -0.15) is 0 Å². The van der Waals surface area contributed by atoms with Crippen molar-refractivity contribution in [3.8, 4) is 0 Å². The summed E-state index contributed by atoms with van der Waals surface area (Å²) in [6.45, 7) is 1.87. The maximum absolute atomic E-state index is 11.9. The number of nitrogens with zero attached hydrogens (tertiary/aromatic N) is 1. The molecule has 0 radical (unpaired) electrons. The third-order valence-corrected chi connectivity index (χ3v) is 3.68.